The molecule has 0 saturated heterocycles. The van der Waals surface area contributed by atoms with Crippen LogP contribution in [0.3, 0.4) is 0 Å². The van der Waals surface area contributed by atoms with Gasteiger partial charge in [-0.05, 0) is 42.5 Å². The van der Waals surface area contributed by atoms with Crippen LogP contribution in [0.5, 0.6) is 0 Å². The van der Waals surface area contributed by atoms with Crippen LogP contribution in [-0.2, 0) is 0 Å². The van der Waals surface area contributed by atoms with Crippen molar-refractivity contribution >= 4 is 39.8 Å². The molecule has 1 amide bonds. The van der Waals surface area contributed by atoms with E-state index in [1.807, 2.05) is 0 Å². The molecule has 1 aromatic heterocycles. The number of aromatic amines is 1. The number of rotatable bonds is 2. The Labute approximate surface area is 130 Å². The van der Waals surface area contributed by atoms with Gasteiger partial charge in [-0.25, -0.2) is 0 Å². The van der Waals surface area contributed by atoms with Gasteiger partial charge >= 0.3 is 0 Å². The van der Waals surface area contributed by atoms with Crippen LogP contribution in [0.25, 0.3) is 10.9 Å². The molecule has 0 bridgehead atoms. The number of benzene rings is 2. The zero-order valence-electron chi connectivity index (χ0n) is 11.4. The van der Waals surface area contributed by atoms with Crippen molar-refractivity contribution in [3.05, 3.63) is 69.5 Å². The van der Waals surface area contributed by atoms with Crippen molar-refractivity contribution in [3.8, 4) is 0 Å². The van der Waals surface area contributed by atoms with E-state index in [0.29, 0.717) is 27.3 Å². The predicted octanol–water partition coefficient (Wildman–Crippen LogP) is 3.02. The first kappa shape index (κ1) is 14.2. The van der Waals surface area contributed by atoms with Gasteiger partial charge in [-0.3, -0.25) is 9.59 Å². The molecule has 22 heavy (non-hydrogen) atoms. The molecule has 0 radical (unpaired) electrons. The predicted molar refractivity (Wildman–Crippen MR) is 88.4 cm³/mol. The van der Waals surface area contributed by atoms with E-state index in [-0.39, 0.29) is 5.56 Å². The third kappa shape index (κ3) is 2.66. The fraction of sp³-hybridized carbons (Fsp3) is 0. The van der Waals surface area contributed by atoms with Crippen molar-refractivity contribution in [1.82, 2.24) is 4.98 Å². The first-order valence-electron chi connectivity index (χ1n) is 6.53. The second kappa shape index (κ2) is 5.54. The number of nitrogens with one attached hydrogen (secondary N) is 2. The fourth-order valence-electron chi connectivity index (χ4n) is 2.15. The normalized spacial score (nSPS) is 10.6. The molecule has 0 fully saturated rings. The minimum Gasteiger partial charge on any atom is -0.398 e. The van der Waals surface area contributed by atoms with Gasteiger partial charge in [-0.15, -0.1) is 0 Å². The number of hydrogen-bond acceptors (Lipinski definition) is 3. The van der Waals surface area contributed by atoms with E-state index in [9.17, 15) is 9.59 Å². The van der Waals surface area contributed by atoms with Crippen molar-refractivity contribution in [2.45, 2.75) is 0 Å². The van der Waals surface area contributed by atoms with Crippen LogP contribution < -0.4 is 16.6 Å². The summed E-state index contributed by atoms with van der Waals surface area (Å²) in [6.45, 7) is 0. The Morgan fingerprint density at radius 2 is 1.86 bits per heavy atom. The molecule has 0 unspecified atom stereocenters. The van der Waals surface area contributed by atoms with Crippen LogP contribution >= 0.6 is 11.6 Å². The van der Waals surface area contributed by atoms with Gasteiger partial charge in [0.25, 0.3) is 11.5 Å². The van der Waals surface area contributed by atoms with Gasteiger partial charge < -0.3 is 16.0 Å². The third-order valence-electron chi connectivity index (χ3n) is 3.27. The Morgan fingerprint density at radius 3 is 2.59 bits per heavy atom. The average molecular weight is 314 g/mol. The molecule has 2 aromatic carbocycles. The van der Waals surface area contributed by atoms with Crippen LogP contribution in [0.4, 0.5) is 11.4 Å². The molecule has 3 aromatic rings. The van der Waals surface area contributed by atoms with Crippen molar-refractivity contribution in [2.75, 3.05) is 11.1 Å². The SMILES string of the molecule is Nc1cccc2[nH]c(=O)c(C(=O)Nc3ccc(Cl)cc3)cc12. The highest BCUT2D eigenvalue weighted by molar-refractivity contribution is 6.30. The molecule has 6 heteroatoms. The smallest absolute Gasteiger partial charge is 0.261 e. The fourth-order valence-corrected chi connectivity index (χ4v) is 2.28. The number of halogens is 1. The molecule has 0 aliphatic heterocycles. The zero-order chi connectivity index (χ0) is 15.7. The van der Waals surface area contributed by atoms with Crippen LogP contribution in [-0.4, -0.2) is 10.9 Å². The summed E-state index contributed by atoms with van der Waals surface area (Å²) in [5.41, 5.74) is 7.04. The summed E-state index contributed by atoms with van der Waals surface area (Å²) in [6.07, 6.45) is 0. The highest BCUT2D eigenvalue weighted by Gasteiger charge is 2.13. The van der Waals surface area contributed by atoms with E-state index in [1.54, 1.807) is 42.5 Å². The summed E-state index contributed by atoms with van der Waals surface area (Å²) in [7, 11) is 0. The second-order valence-electron chi connectivity index (χ2n) is 4.78. The first-order chi connectivity index (χ1) is 10.5. The van der Waals surface area contributed by atoms with Gasteiger partial charge in [0.15, 0.2) is 0 Å². The number of nitrogen functional groups attached to an aromatic ring is 1. The number of fused-ring (bicyclic) bond motifs is 1. The molecule has 4 N–H and O–H groups in total. The average Bonchev–Trinajstić information content (AvgIpc) is 2.49. The maximum atomic E-state index is 12.3. The molecule has 0 aliphatic carbocycles. The minimum absolute atomic E-state index is 0.000324. The highest BCUT2D eigenvalue weighted by atomic mass is 35.5. The van der Waals surface area contributed by atoms with Gasteiger partial charge in [-0.2, -0.15) is 0 Å². The number of aromatic nitrogens is 1. The van der Waals surface area contributed by atoms with Gasteiger partial charge in [-0.1, -0.05) is 17.7 Å². The summed E-state index contributed by atoms with van der Waals surface area (Å²) in [4.78, 5) is 27.0. The van der Waals surface area contributed by atoms with Gasteiger partial charge in [0, 0.05) is 21.8 Å². The summed E-state index contributed by atoms with van der Waals surface area (Å²) < 4.78 is 0. The van der Waals surface area contributed by atoms with Crippen LogP contribution in [0.15, 0.2) is 53.3 Å². The lowest BCUT2D eigenvalue weighted by atomic mass is 10.1. The quantitative estimate of drug-likeness (QED) is 0.635. The van der Waals surface area contributed by atoms with E-state index >= 15 is 0 Å². The Kier molecular flexibility index (Phi) is 3.56. The topological polar surface area (TPSA) is 88.0 Å². The lowest BCUT2D eigenvalue weighted by Crippen LogP contribution is -2.23. The van der Waals surface area contributed by atoms with Crippen LogP contribution in [0, 0.1) is 0 Å². The van der Waals surface area contributed by atoms with E-state index in [4.69, 9.17) is 17.3 Å². The Bertz CT molecular complexity index is 917. The second-order valence-corrected chi connectivity index (χ2v) is 5.22. The molecule has 3 rings (SSSR count). The molecule has 0 atom stereocenters. The molecule has 5 nitrogen and oxygen atoms in total. The molecule has 110 valence electrons. The van der Waals surface area contributed by atoms with Gasteiger partial charge in [0.2, 0.25) is 0 Å². The Hall–Kier alpha value is -2.79. The minimum atomic E-state index is -0.506. The number of carbonyl (C=O) groups excluding carboxylic acids is 1. The standard InChI is InChI=1S/C16H12ClN3O2/c17-9-4-6-10(7-5-9)19-15(21)12-8-11-13(18)2-1-3-14(11)20-16(12)22/h1-8H,18H2,(H,19,21)(H,20,22). The van der Waals surface area contributed by atoms with Crippen molar-refractivity contribution < 1.29 is 4.79 Å². The van der Waals surface area contributed by atoms with Crippen LogP contribution in [0.1, 0.15) is 10.4 Å². The maximum absolute atomic E-state index is 12.3. The summed E-state index contributed by atoms with van der Waals surface area (Å²) in [5.74, 6) is -0.506. The summed E-state index contributed by atoms with van der Waals surface area (Å²) >= 11 is 5.79. The number of hydrogen-bond donors (Lipinski definition) is 3. The maximum Gasteiger partial charge on any atom is 0.261 e. The molecule has 0 spiro atoms. The number of anilines is 2. The van der Waals surface area contributed by atoms with E-state index < -0.39 is 11.5 Å². The van der Waals surface area contributed by atoms with E-state index in [2.05, 4.69) is 10.3 Å². The van der Waals surface area contributed by atoms with Gasteiger partial charge in [0.05, 0.1) is 5.52 Å². The number of carbonyl (C=O) groups is 1. The third-order valence-corrected chi connectivity index (χ3v) is 3.52. The Balaban J connectivity index is 2.00. The molecular weight excluding hydrogens is 302 g/mol. The highest BCUT2D eigenvalue weighted by Crippen LogP contribution is 2.19. The van der Waals surface area contributed by atoms with Crippen molar-refractivity contribution in [2.24, 2.45) is 0 Å². The van der Waals surface area contributed by atoms with Crippen molar-refractivity contribution in [1.29, 1.82) is 0 Å². The summed E-state index contributed by atoms with van der Waals surface area (Å²) in [5, 5.41) is 3.84. The lowest BCUT2D eigenvalue weighted by molar-refractivity contribution is 0.102. The first-order valence-corrected chi connectivity index (χ1v) is 6.91. The molecule has 0 aliphatic rings. The van der Waals surface area contributed by atoms with E-state index in [0.717, 1.165) is 0 Å². The van der Waals surface area contributed by atoms with Gasteiger partial charge in [0.1, 0.15) is 5.56 Å². The van der Waals surface area contributed by atoms with Crippen LogP contribution in [0.2, 0.25) is 5.02 Å². The summed E-state index contributed by atoms with van der Waals surface area (Å²) in [6, 6.07) is 13.3. The number of H-pyrrole nitrogens is 1. The van der Waals surface area contributed by atoms with Crippen molar-refractivity contribution in [3.63, 3.8) is 0 Å². The zero-order valence-corrected chi connectivity index (χ0v) is 12.1. The molecular formula is C16H12ClN3O2. The molecule has 1 heterocycles. The number of amides is 1. The van der Waals surface area contributed by atoms with E-state index in [1.165, 1.54) is 6.07 Å². The monoisotopic (exact) mass is 313 g/mol. The number of pyridine rings is 1. The molecule has 0 saturated carbocycles. The largest absolute Gasteiger partial charge is 0.398 e. The Morgan fingerprint density at radius 1 is 1.14 bits per heavy atom. The number of nitrogens with two attached hydrogens (primary N) is 1. The lowest BCUT2D eigenvalue weighted by Gasteiger charge is -2.07.